The molecule has 0 aliphatic heterocycles. The number of hydrogen-bond donors (Lipinski definition) is 2. The average molecular weight is 346 g/mol. The summed E-state index contributed by atoms with van der Waals surface area (Å²) in [5.41, 5.74) is 9.30. The molecule has 5 heteroatoms. The molecule has 0 spiro atoms. The fourth-order valence-electron chi connectivity index (χ4n) is 3.41. The van der Waals surface area contributed by atoms with Crippen LogP contribution in [0.3, 0.4) is 0 Å². The Kier molecular flexibility index (Phi) is 5.69. The number of unbranched alkanes of at least 4 members (excludes halogenated alkanes) is 3. The average Bonchev–Trinajstić information content (AvgIpc) is 3.03. The Morgan fingerprint density at radius 3 is 2.88 bits per heavy atom. The highest BCUT2D eigenvalue weighted by atomic mass is 35.5. The van der Waals surface area contributed by atoms with Crippen LogP contribution in [0.25, 0.3) is 10.9 Å². The standard InChI is InChI=1S/C19H24ClN3O/c20-13-8-9-17-15(12-13)18(14-6-5-7-16(14)23-17)19(24)22-11-4-2-1-3-10-21/h8-9,12H,1-7,10-11,21H2,(H,22,24). The number of carbonyl (C=O) groups is 1. The molecular weight excluding hydrogens is 322 g/mol. The third-order valence-corrected chi connectivity index (χ3v) is 4.85. The summed E-state index contributed by atoms with van der Waals surface area (Å²) in [6.07, 6.45) is 7.18. The molecule has 2 aromatic rings. The number of amides is 1. The van der Waals surface area contributed by atoms with Gasteiger partial charge in [-0.3, -0.25) is 9.78 Å². The van der Waals surface area contributed by atoms with Gasteiger partial charge < -0.3 is 11.1 Å². The maximum absolute atomic E-state index is 12.8. The van der Waals surface area contributed by atoms with Crippen molar-refractivity contribution in [2.45, 2.75) is 44.9 Å². The van der Waals surface area contributed by atoms with E-state index in [1.165, 1.54) is 0 Å². The number of nitrogens with two attached hydrogens (primary N) is 1. The van der Waals surface area contributed by atoms with Crippen molar-refractivity contribution in [3.8, 4) is 0 Å². The monoisotopic (exact) mass is 345 g/mol. The van der Waals surface area contributed by atoms with Gasteiger partial charge in [0.05, 0.1) is 11.1 Å². The molecule has 0 bridgehead atoms. The number of aromatic nitrogens is 1. The predicted molar refractivity (Wildman–Crippen MR) is 98.6 cm³/mol. The minimum atomic E-state index is 0.00152. The van der Waals surface area contributed by atoms with Gasteiger partial charge >= 0.3 is 0 Å². The molecule has 0 saturated carbocycles. The van der Waals surface area contributed by atoms with Crippen LogP contribution in [0.2, 0.25) is 5.02 Å². The lowest BCUT2D eigenvalue weighted by molar-refractivity contribution is 0.0953. The van der Waals surface area contributed by atoms with Crippen molar-refractivity contribution >= 4 is 28.4 Å². The highest BCUT2D eigenvalue weighted by molar-refractivity contribution is 6.31. The molecule has 0 saturated heterocycles. The zero-order valence-corrected chi connectivity index (χ0v) is 14.7. The van der Waals surface area contributed by atoms with Crippen molar-refractivity contribution in [1.29, 1.82) is 0 Å². The van der Waals surface area contributed by atoms with E-state index in [4.69, 9.17) is 22.3 Å². The summed E-state index contributed by atoms with van der Waals surface area (Å²) in [5, 5.41) is 4.58. The second kappa shape index (κ2) is 7.95. The first-order valence-electron chi connectivity index (χ1n) is 8.80. The van der Waals surface area contributed by atoms with E-state index in [0.717, 1.165) is 79.2 Å². The topological polar surface area (TPSA) is 68.0 Å². The third kappa shape index (κ3) is 3.70. The maximum Gasteiger partial charge on any atom is 0.252 e. The number of hydrogen-bond acceptors (Lipinski definition) is 3. The molecular formula is C19H24ClN3O. The van der Waals surface area contributed by atoms with E-state index in [2.05, 4.69) is 5.32 Å². The van der Waals surface area contributed by atoms with Crippen LogP contribution >= 0.6 is 11.6 Å². The number of aryl methyl sites for hydroxylation is 1. The number of carbonyl (C=O) groups excluding carboxylic acids is 1. The van der Waals surface area contributed by atoms with Crippen molar-refractivity contribution in [2.75, 3.05) is 13.1 Å². The Labute approximate surface area is 147 Å². The molecule has 1 aliphatic carbocycles. The van der Waals surface area contributed by atoms with E-state index < -0.39 is 0 Å². The van der Waals surface area contributed by atoms with E-state index in [1.807, 2.05) is 18.2 Å². The van der Waals surface area contributed by atoms with Gasteiger partial charge in [-0.2, -0.15) is 0 Å². The van der Waals surface area contributed by atoms with Gasteiger partial charge in [0.2, 0.25) is 0 Å². The second-order valence-electron chi connectivity index (χ2n) is 6.39. The molecule has 4 nitrogen and oxygen atoms in total. The Bertz CT molecular complexity index is 745. The molecule has 1 aromatic heterocycles. The fraction of sp³-hybridized carbons (Fsp3) is 0.474. The summed E-state index contributed by atoms with van der Waals surface area (Å²) in [4.78, 5) is 17.5. The number of nitrogens with zero attached hydrogens (tertiary/aromatic N) is 1. The molecule has 1 aliphatic rings. The summed E-state index contributed by atoms with van der Waals surface area (Å²) in [7, 11) is 0. The molecule has 0 atom stereocenters. The van der Waals surface area contributed by atoms with E-state index >= 15 is 0 Å². The van der Waals surface area contributed by atoms with Crippen molar-refractivity contribution in [3.05, 3.63) is 40.0 Å². The van der Waals surface area contributed by atoms with Crippen molar-refractivity contribution < 1.29 is 4.79 Å². The number of rotatable bonds is 7. The van der Waals surface area contributed by atoms with Gasteiger partial charge in [0.15, 0.2) is 0 Å². The SMILES string of the molecule is NCCCCCCNC(=O)c1c2c(nc3ccc(Cl)cc13)CCC2. The van der Waals surface area contributed by atoms with Crippen molar-refractivity contribution in [1.82, 2.24) is 10.3 Å². The highest BCUT2D eigenvalue weighted by Crippen LogP contribution is 2.31. The van der Waals surface area contributed by atoms with Crippen LogP contribution in [0.1, 0.15) is 53.7 Å². The van der Waals surface area contributed by atoms with Gasteiger partial charge in [-0.05, 0) is 62.4 Å². The zero-order chi connectivity index (χ0) is 16.9. The second-order valence-corrected chi connectivity index (χ2v) is 6.82. The normalized spacial score (nSPS) is 13.2. The van der Waals surface area contributed by atoms with Gasteiger partial charge in [0.1, 0.15) is 0 Å². The number of benzene rings is 1. The minimum absolute atomic E-state index is 0.00152. The number of fused-ring (bicyclic) bond motifs is 2. The number of halogens is 1. The van der Waals surface area contributed by atoms with E-state index in [0.29, 0.717) is 11.6 Å². The molecule has 24 heavy (non-hydrogen) atoms. The van der Waals surface area contributed by atoms with E-state index in [1.54, 1.807) is 0 Å². The molecule has 3 rings (SSSR count). The van der Waals surface area contributed by atoms with Gasteiger partial charge in [-0.1, -0.05) is 24.4 Å². The first kappa shape index (κ1) is 17.2. The molecule has 1 heterocycles. The van der Waals surface area contributed by atoms with Crippen LogP contribution in [-0.2, 0) is 12.8 Å². The Morgan fingerprint density at radius 1 is 1.21 bits per heavy atom. The number of nitrogens with one attached hydrogen (secondary N) is 1. The smallest absolute Gasteiger partial charge is 0.252 e. The van der Waals surface area contributed by atoms with Crippen LogP contribution in [0.15, 0.2) is 18.2 Å². The number of pyridine rings is 1. The lowest BCUT2D eigenvalue weighted by atomic mass is 10.0. The molecule has 128 valence electrons. The van der Waals surface area contributed by atoms with Crippen LogP contribution in [0.4, 0.5) is 0 Å². The van der Waals surface area contributed by atoms with Gasteiger partial charge in [-0.15, -0.1) is 0 Å². The lowest BCUT2D eigenvalue weighted by Gasteiger charge is -2.13. The molecule has 0 radical (unpaired) electrons. The molecule has 3 N–H and O–H groups in total. The summed E-state index contributed by atoms with van der Waals surface area (Å²) in [6, 6.07) is 5.59. The Hall–Kier alpha value is -1.65. The van der Waals surface area contributed by atoms with Gasteiger partial charge in [0.25, 0.3) is 5.91 Å². The molecule has 0 fully saturated rings. The van der Waals surface area contributed by atoms with E-state index in [9.17, 15) is 4.79 Å². The van der Waals surface area contributed by atoms with Crippen molar-refractivity contribution in [3.63, 3.8) is 0 Å². The quantitative estimate of drug-likeness (QED) is 0.753. The minimum Gasteiger partial charge on any atom is -0.352 e. The summed E-state index contributed by atoms with van der Waals surface area (Å²) in [6.45, 7) is 1.44. The fourth-order valence-corrected chi connectivity index (χ4v) is 3.58. The predicted octanol–water partition coefficient (Wildman–Crippen LogP) is 3.63. The zero-order valence-electron chi connectivity index (χ0n) is 13.9. The van der Waals surface area contributed by atoms with Gasteiger partial charge in [0, 0.05) is 22.6 Å². The molecule has 1 aromatic carbocycles. The largest absolute Gasteiger partial charge is 0.352 e. The summed E-state index contributed by atoms with van der Waals surface area (Å²) < 4.78 is 0. The lowest BCUT2D eigenvalue weighted by Crippen LogP contribution is -2.26. The maximum atomic E-state index is 12.8. The summed E-state index contributed by atoms with van der Waals surface area (Å²) in [5.74, 6) is 0.00152. The van der Waals surface area contributed by atoms with Gasteiger partial charge in [-0.25, -0.2) is 0 Å². The molecule has 1 amide bonds. The van der Waals surface area contributed by atoms with Crippen LogP contribution in [-0.4, -0.2) is 24.0 Å². The van der Waals surface area contributed by atoms with Crippen LogP contribution in [0, 0.1) is 0 Å². The Balaban J connectivity index is 1.80. The highest BCUT2D eigenvalue weighted by Gasteiger charge is 2.23. The third-order valence-electron chi connectivity index (χ3n) is 4.62. The Morgan fingerprint density at radius 2 is 2.04 bits per heavy atom. The summed E-state index contributed by atoms with van der Waals surface area (Å²) >= 11 is 6.15. The van der Waals surface area contributed by atoms with Crippen LogP contribution in [0.5, 0.6) is 0 Å². The first-order chi connectivity index (χ1) is 11.7. The first-order valence-corrected chi connectivity index (χ1v) is 9.18. The van der Waals surface area contributed by atoms with E-state index in [-0.39, 0.29) is 5.91 Å². The van der Waals surface area contributed by atoms with Crippen molar-refractivity contribution in [2.24, 2.45) is 5.73 Å². The molecule has 0 unspecified atom stereocenters. The van der Waals surface area contributed by atoms with Crippen LogP contribution < -0.4 is 11.1 Å².